The topological polar surface area (TPSA) is 27.2 Å². The minimum absolute atomic E-state index is 0.900. The number of nitrogens with zero attached hydrogens (tertiary/aromatic N) is 4. The third-order valence-electron chi connectivity index (χ3n) is 7.78. The standard InChI is InChI=1S/C33H20N4/c1-2-11-21(12-3-1)35-28-18-9-7-16-25(28)34-33(35)37-27-17-8-6-15-24(27)30-29-20-10-19-26-22-13-4-5-14-23(22)31(32(30)37)36(26)29/h1-20H. The Morgan fingerprint density at radius 3 is 1.95 bits per heavy atom. The lowest BCUT2D eigenvalue weighted by Gasteiger charge is -2.12. The molecule has 4 aromatic carbocycles. The zero-order valence-electron chi connectivity index (χ0n) is 19.8. The van der Waals surface area contributed by atoms with Crippen LogP contribution in [-0.4, -0.2) is 18.5 Å². The van der Waals surface area contributed by atoms with Crippen molar-refractivity contribution >= 4 is 60.2 Å². The third kappa shape index (κ3) is 2.30. The average molecular weight is 473 g/mol. The normalized spacial score (nSPS) is 12.3. The van der Waals surface area contributed by atoms with E-state index >= 15 is 0 Å². The Hall–Kier alpha value is -5.09. The number of fused-ring (bicyclic) bond motifs is 9. The van der Waals surface area contributed by atoms with E-state index < -0.39 is 0 Å². The van der Waals surface area contributed by atoms with Gasteiger partial charge in [-0.15, -0.1) is 0 Å². The SMILES string of the molecule is c1ccc(-n2c(-n3c4ccccc4c4c3c3c5ccccc5c5cccc4n53)nc3ccccc32)cc1. The monoisotopic (exact) mass is 472 g/mol. The minimum Gasteiger partial charge on any atom is -0.306 e. The molecule has 0 unspecified atom stereocenters. The molecule has 0 aliphatic rings. The second-order valence-electron chi connectivity index (χ2n) is 9.67. The molecular formula is C33H20N4. The van der Waals surface area contributed by atoms with Crippen LogP contribution in [0.2, 0.25) is 0 Å². The van der Waals surface area contributed by atoms with E-state index in [9.17, 15) is 0 Å². The summed E-state index contributed by atoms with van der Waals surface area (Å²) in [5.74, 6) is 0.900. The van der Waals surface area contributed by atoms with Gasteiger partial charge in [0.05, 0.1) is 38.6 Å². The first-order valence-corrected chi connectivity index (χ1v) is 12.6. The zero-order valence-corrected chi connectivity index (χ0v) is 19.8. The van der Waals surface area contributed by atoms with Crippen LogP contribution in [0.4, 0.5) is 0 Å². The van der Waals surface area contributed by atoms with Crippen LogP contribution in [0.25, 0.3) is 71.8 Å². The fourth-order valence-corrected chi connectivity index (χ4v) is 6.35. The van der Waals surface area contributed by atoms with Gasteiger partial charge in [-0.2, -0.15) is 0 Å². The molecule has 5 aromatic heterocycles. The number of aromatic nitrogens is 4. The Morgan fingerprint density at radius 2 is 1.08 bits per heavy atom. The molecule has 0 spiro atoms. The Morgan fingerprint density at radius 1 is 0.432 bits per heavy atom. The van der Waals surface area contributed by atoms with Gasteiger partial charge in [0.25, 0.3) is 0 Å². The van der Waals surface area contributed by atoms with Gasteiger partial charge in [-0.1, -0.05) is 78.9 Å². The van der Waals surface area contributed by atoms with Gasteiger partial charge in [0.2, 0.25) is 5.95 Å². The van der Waals surface area contributed by atoms with Gasteiger partial charge in [-0.25, -0.2) is 4.98 Å². The molecule has 0 aliphatic carbocycles. The summed E-state index contributed by atoms with van der Waals surface area (Å²) in [6, 6.07) is 43.1. The maximum atomic E-state index is 5.27. The second kappa shape index (κ2) is 6.77. The molecule has 0 N–H and O–H groups in total. The van der Waals surface area contributed by atoms with Gasteiger partial charge in [-0.3, -0.25) is 9.13 Å². The van der Waals surface area contributed by atoms with Crippen molar-refractivity contribution in [1.82, 2.24) is 18.5 Å². The summed E-state index contributed by atoms with van der Waals surface area (Å²) in [5.41, 5.74) is 9.24. The van der Waals surface area contributed by atoms with Crippen molar-refractivity contribution in [2.45, 2.75) is 0 Å². The summed E-state index contributed by atoms with van der Waals surface area (Å²) < 4.78 is 7.11. The Balaban J connectivity index is 1.59. The summed E-state index contributed by atoms with van der Waals surface area (Å²) in [4.78, 5) is 5.27. The van der Waals surface area contributed by atoms with Crippen LogP contribution >= 0.6 is 0 Å². The predicted octanol–water partition coefficient (Wildman–Crippen LogP) is 8.12. The third-order valence-corrected chi connectivity index (χ3v) is 7.78. The minimum atomic E-state index is 0.900. The summed E-state index contributed by atoms with van der Waals surface area (Å²) in [5, 5.41) is 5.05. The lowest BCUT2D eigenvalue weighted by molar-refractivity contribution is 0.957. The summed E-state index contributed by atoms with van der Waals surface area (Å²) in [6.45, 7) is 0. The van der Waals surface area contributed by atoms with E-state index in [2.05, 4.69) is 135 Å². The van der Waals surface area contributed by atoms with Crippen molar-refractivity contribution in [1.29, 1.82) is 0 Å². The highest BCUT2D eigenvalue weighted by Crippen LogP contribution is 2.44. The number of hydrogen-bond acceptors (Lipinski definition) is 1. The van der Waals surface area contributed by atoms with Crippen molar-refractivity contribution in [3.05, 3.63) is 121 Å². The second-order valence-corrected chi connectivity index (χ2v) is 9.67. The lowest BCUT2D eigenvalue weighted by atomic mass is 10.1. The van der Waals surface area contributed by atoms with Crippen LogP contribution in [0, 0.1) is 0 Å². The van der Waals surface area contributed by atoms with E-state index in [-0.39, 0.29) is 0 Å². The molecule has 9 rings (SSSR count). The first-order chi connectivity index (χ1) is 18.4. The molecule has 5 heterocycles. The van der Waals surface area contributed by atoms with Crippen LogP contribution in [0.5, 0.6) is 0 Å². The van der Waals surface area contributed by atoms with Crippen molar-refractivity contribution in [2.24, 2.45) is 0 Å². The van der Waals surface area contributed by atoms with Crippen molar-refractivity contribution in [2.75, 3.05) is 0 Å². The summed E-state index contributed by atoms with van der Waals surface area (Å²) >= 11 is 0. The number of rotatable bonds is 2. The number of imidazole rings is 1. The Kier molecular flexibility index (Phi) is 3.50. The van der Waals surface area contributed by atoms with Crippen LogP contribution in [0.3, 0.4) is 0 Å². The fourth-order valence-electron chi connectivity index (χ4n) is 6.35. The van der Waals surface area contributed by atoms with Gasteiger partial charge in [-0.05, 0) is 42.5 Å². The quantitative estimate of drug-likeness (QED) is 0.250. The van der Waals surface area contributed by atoms with Gasteiger partial charge >= 0.3 is 0 Å². The summed E-state index contributed by atoms with van der Waals surface area (Å²) in [7, 11) is 0. The van der Waals surface area contributed by atoms with E-state index in [1.54, 1.807) is 0 Å². The average Bonchev–Trinajstić information content (AvgIpc) is 3.68. The van der Waals surface area contributed by atoms with Crippen LogP contribution < -0.4 is 0 Å². The molecule has 0 saturated heterocycles. The maximum Gasteiger partial charge on any atom is 0.220 e. The van der Waals surface area contributed by atoms with E-state index in [1.165, 1.54) is 43.6 Å². The van der Waals surface area contributed by atoms with Gasteiger partial charge < -0.3 is 4.40 Å². The molecule has 0 aliphatic heterocycles. The highest BCUT2D eigenvalue weighted by atomic mass is 15.3. The molecular weight excluding hydrogens is 452 g/mol. The van der Waals surface area contributed by atoms with Crippen molar-refractivity contribution in [3.63, 3.8) is 0 Å². The first kappa shape index (κ1) is 19.1. The number of para-hydroxylation sites is 4. The molecule has 0 radical (unpaired) electrons. The molecule has 9 aromatic rings. The number of pyridine rings is 1. The van der Waals surface area contributed by atoms with Gasteiger partial charge in [0.1, 0.15) is 0 Å². The van der Waals surface area contributed by atoms with Gasteiger partial charge in [0.15, 0.2) is 0 Å². The highest BCUT2D eigenvalue weighted by molar-refractivity contribution is 6.29. The molecule has 0 atom stereocenters. The molecule has 37 heavy (non-hydrogen) atoms. The smallest absolute Gasteiger partial charge is 0.220 e. The number of benzene rings is 4. The molecule has 172 valence electrons. The molecule has 4 heteroatoms. The molecule has 0 fully saturated rings. The molecule has 0 saturated carbocycles. The van der Waals surface area contributed by atoms with E-state index in [0.29, 0.717) is 0 Å². The van der Waals surface area contributed by atoms with Gasteiger partial charge in [0, 0.05) is 27.2 Å². The first-order valence-electron chi connectivity index (χ1n) is 12.6. The lowest BCUT2D eigenvalue weighted by Crippen LogP contribution is -2.05. The molecule has 4 nitrogen and oxygen atoms in total. The number of hydrogen-bond donors (Lipinski definition) is 0. The van der Waals surface area contributed by atoms with Crippen LogP contribution in [0.15, 0.2) is 121 Å². The van der Waals surface area contributed by atoms with Crippen LogP contribution in [0.1, 0.15) is 0 Å². The van der Waals surface area contributed by atoms with Crippen molar-refractivity contribution in [3.8, 4) is 11.6 Å². The predicted molar refractivity (Wildman–Crippen MR) is 153 cm³/mol. The van der Waals surface area contributed by atoms with Crippen LogP contribution in [-0.2, 0) is 0 Å². The molecule has 0 bridgehead atoms. The zero-order chi connectivity index (χ0) is 24.1. The van der Waals surface area contributed by atoms with E-state index in [1.807, 2.05) is 0 Å². The largest absolute Gasteiger partial charge is 0.306 e. The van der Waals surface area contributed by atoms with E-state index in [0.717, 1.165) is 28.2 Å². The summed E-state index contributed by atoms with van der Waals surface area (Å²) in [6.07, 6.45) is 0. The molecule has 0 amide bonds. The van der Waals surface area contributed by atoms with Crippen molar-refractivity contribution < 1.29 is 0 Å². The Bertz CT molecular complexity index is 2300. The highest BCUT2D eigenvalue weighted by Gasteiger charge is 2.26. The maximum absolute atomic E-state index is 5.27. The van der Waals surface area contributed by atoms with E-state index in [4.69, 9.17) is 4.98 Å². The fraction of sp³-hybridized carbons (Fsp3) is 0. The Labute approximate surface area is 211 Å².